The van der Waals surface area contributed by atoms with E-state index in [2.05, 4.69) is 4.98 Å². The summed E-state index contributed by atoms with van der Waals surface area (Å²) >= 11 is 11.9. The van der Waals surface area contributed by atoms with Gasteiger partial charge in [-0.05, 0) is 24.1 Å². The van der Waals surface area contributed by atoms with Crippen LogP contribution in [0.15, 0.2) is 29.2 Å². The van der Waals surface area contributed by atoms with Crippen LogP contribution in [0.1, 0.15) is 25.5 Å². The highest BCUT2D eigenvalue weighted by Crippen LogP contribution is 2.23. The van der Waals surface area contributed by atoms with Gasteiger partial charge in [0, 0.05) is 21.9 Å². The minimum absolute atomic E-state index is 0.188. The van der Waals surface area contributed by atoms with E-state index < -0.39 is 0 Å². The van der Waals surface area contributed by atoms with Crippen molar-refractivity contribution in [3.63, 3.8) is 0 Å². The first-order valence-corrected chi connectivity index (χ1v) is 6.01. The van der Waals surface area contributed by atoms with E-state index in [1.54, 1.807) is 29.0 Å². The van der Waals surface area contributed by atoms with E-state index in [1.807, 2.05) is 13.8 Å². The molecule has 0 unspecified atom stereocenters. The van der Waals surface area contributed by atoms with Crippen molar-refractivity contribution >= 4 is 23.2 Å². The van der Waals surface area contributed by atoms with Gasteiger partial charge in [0.1, 0.15) is 0 Å². The monoisotopic (exact) mass is 270 g/mol. The summed E-state index contributed by atoms with van der Waals surface area (Å²) in [7, 11) is 0. The molecular formula is C12H12Cl2N2O. The first-order valence-electron chi connectivity index (χ1n) is 5.26. The summed E-state index contributed by atoms with van der Waals surface area (Å²) < 4.78 is 1.59. The van der Waals surface area contributed by atoms with Gasteiger partial charge in [0.2, 0.25) is 0 Å². The fourth-order valence-electron chi connectivity index (χ4n) is 1.74. The van der Waals surface area contributed by atoms with Crippen LogP contribution in [0, 0.1) is 0 Å². The van der Waals surface area contributed by atoms with Crippen LogP contribution in [0.2, 0.25) is 10.0 Å². The molecule has 0 aliphatic heterocycles. The summed E-state index contributed by atoms with van der Waals surface area (Å²) in [5.41, 5.74) is 1.39. The maximum absolute atomic E-state index is 11.8. The summed E-state index contributed by atoms with van der Waals surface area (Å²) in [4.78, 5) is 14.5. The van der Waals surface area contributed by atoms with Crippen molar-refractivity contribution in [1.29, 1.82) is 0 Å². The van der Waals surface area contributed by atoms with Gasteiger partial charge in [-0.2, -0.15) is 0 Å². The highest BCUT2D eigenvalue weighted by Gasteiger charge is 2.12. The molecule has 1 heterocycles. The lowest BCUT2D eigenvalue weighted by atomic mass is 10.1. The smallest absolute Gasteiger partial charge is 0.312 e. The molecule has 90 valence electrons. The van der Waals surface area contributed by atoms with Gasteiger partial charge < -0.3 is 4.98 Å². The molecule has 0 saturated carbocycles. The summed E-state index contributed by atoms with van der Waals surface area (Å²) in [6, 6.07) is 5.07. The van der Waals surface area contributed by atoms with Crippen LogP contribution >= 0.6 is 23.2 Å². The molecule has 1 aromatic carbocycles. The number of aromatic amines is 1. The number of hydrogen-bond donors (Lipinski definition) is 1. The minimum Gasteiger partial charge on any atom is -0.312 e. The second kappa shape index (κ2) is 4.59. The molecule has 0 radical (unpaired) electrons. The van der Waals surface area contributed by atoms with Crippen molar-refractivity contribution in [1.82, 2.24) is 9.55 Å². The minimum atomic E-state index is -0.188. The van der Waals surface area contributed by atoms with Gasteiger partial charge in [-0.3, -0.25) is 4.57 Å². The Morgan fingerprint density at radius 2 is 1.76 bits per heavy atom. The number of aromatic nitrogens is 2. The molecule has 0 aliphatic rings. The van der Waals surface area contributed by atoms with Crippen molar-refractivity contribution in [3.8, 4) is 5.69 Å². The molecule has 0 saturated heterocycles. The third-order valence-electron chi connectivity index (χ3n) is 2.50. The predicted octanol–water partition coefficient (Wildman–Crippen LogP) is 3.60. The van der Waals surface area contributed by atoms with E-state index in [4.69, 9.17) is 23.2 Å². The molecule has 3 nitrogen and oxygen atoms in total. The molecule has 17 heavy (non-hydrogen) atoms. The first kappa shape index (κ1) is 12.3. The average molecular weight is 271 g/mol. The van der Waals surface area contributed by atoms with Crippen LogP contribution in [-0.4, -0.2) is 9.55 Å². The highest BCUT2D eigenvalue weighted by molar-refractivity contribution is 6.34. The SMILES string of the molecule is CC(C)c1c[nH]c(=O)n1-c1cc(Cl)cc(Cl)c1. The molecule has 2 aromatic rings. The Morgan fingerprint density at radius 1 is 1.18 bits per heavy atom. The Hall–Kier alpha value is -1.19. The number of rotatable bonds is 2. The molecule has 0 spiro atoms. The van der Waals surface area contributed by atoms with Gasteiger partial charge >= 0.3 is 5.69 Å². The molecular weight excluding hydrogens is 259 g/mol. The van der Waals surface area contributed by atoms with Crippen molar-refractivity contribution in [3.05, 3.63) is 50.6 Å². The van der Waals surface area contributed by atoms with Crippen LogP contribution in [0.25, 0.3) is 5.69 Å². The molecule has 2 rings (SSSR count). The summed E-state index contributed by atoms with van der Waals surface area (Å²) in [6.07, 6.45) is 1.71. The second-order valence-electron chi connectivity index (χ2n) is 4.14. The quantitative estimate of drug-likeness (QED) is 0.890. The van der Waals surface area contributed by atoms with E-state index in [0.717, 1.165) is 5.69 Å². The number of nitrogens with one attached hydrogen (secondary N) is 1. The third kappa shape index (κ3) is 2.40. The third-order valence-corrected chi connectivity index (χ3v) is 2.94. The number of H-pyrrole nitrogens is 1. The topological polar surface area (TPSA) is 37.8 Å². The predicted molar refractivity (Wildman–Crippen MR) is 70.5 cm³/mol. The number of hydrogen-bond acceptors (Lipinski definition) is 1. The Kier molecular flexibility index (Phi) is 3.31. The van der Waals surface area contributed by atoms with Crippen LogP contribution in [0.4, 0.5) is 0 Å². The Bertz CT molecular complexity index is 579. The fraction of sp³-hybridized carbons (Fsp3) is 0.250. The summed E-state index contributed by atoms with van der Waals surface area (Å²) in [5, 5.41) is 1.02. The lowest BCUT2D eigenvalue weighted by molar-refractivity contribution is 0.776. The van der Waals surface area contributed by atoms with Crippen LogP contribution in [0.3, 0.4) is 0 Å². The molecule has 1 N–H and O–H groups in total. The van der Waals surface area contributed by atoms with E-state index in [0.29, 0.717) is 15.7 Å². The van der Waals surface area contributed by atoms with E-state index in [1.165, 1.54) is 0 Å². The zero-order valence-corrected chi connectivity index (χ0v) is 11.0. The van der Waals surface area contributed by atoms with E-state index in [-0.39, 0.29) is 11.6 Å². The van der Waals surface area contributed by atoms with E-state index in [9.17, 15) is 4.79 Å². The van der Waals surface area contributed by atoms with Gasteiger partial charge in [0.15, 0.2) is 0 Å². The molecule has 0 aliphatic carbocycles. The Balaban J connectivity index is 2.67. The van der Waals surface area contributed by atoms with Gasteiger partial charge in [-0.25, -0.2) is 4.79 Å². The standard InChI is InChI=1S/C12H12Cl2N2O/c1-7(2)11-6-15-12(17)16(11)10-4-8(13)3-9(14)5-10/h3-7H,1-2H3,(H,15,17). The van der Waals surface area contributed by atoms with Gasteiger partial charge in [0.25, 0.3) is 0 Å². The molecule has 1 aromatic heterocycles. The number of benzene rings is 1. The Morgan fingerprint density at radius 3 is 2.29 bits per heavy atom. The van der Waals surface area contributed by atoms with Gasteiger partial charge in [-0.15, -0.1) is 0 Å². The maximum Gasteiger partial charge on any atom is 0.330 e. The molecule has 0 fully saturated rings. The normalized spacial score (nSPS) is 11.1. The van der Waals surface area contributed by atoms with Crippen LogP contribution in [0.5, 0.6) is 0 Å². The maximum atomic E-state index is 11.8. The Labute approximate surface area is 109 Å². The number of imidazole rings is 1. The first-order chi connectivity index (χ1) is 7.99. The van der Waals surface area contributed by atoms with Crippen LogP contribution < -0.4 is 5.69 Å². The zero-order valence-electron chi connectivity index (χ0n) is 9.50. The van der Waals surface area contributed by atoms with Gasteiger partial charge in [0.05, 0.1) is 5.69 Å². The van der Waals surface area contributed by atoms with Crippen LogP contribution in [-0.2, 0) is 0 Å². The molecule has 0 atom stereocenters. The van der Waals surface area contributed by atoms with E-state index >= 15 is 0 Å². The highest BCUT2D eigenvalue weighted by atomic mass is 35.5. The average Bonchev–Trinajstić information content (AvgIpc) is 2.58. The summed E-state index contributed by atoms with van der Waals surface area (Å²) in [6.45, 7) is 4.04. The van der Waals surface area contributed by atoms with Crippen molar-refractivity contribution in [2.45, 2.75) is 19.8 Å². The lowest BCUT2D eigenvalue weighted by Gasteiger charge is -2.10. The van der Waals surface area contributed by atoms with Crippen molar-refractivity contribution < 1.29 is 0 Å². The molecule has 5 heteroatoms. The largest absolute Gasteiger partial charge is 0.330 e. The summed E-state index contributed by atoms with van der Waals surface area (Å²) in [5.74, 6) is 0.228. The fourth-order valence-corrected chi connectivity index (χ4v) is 2.26. The zero-order chi connectivity index (χ0) is 12.6. The molecule has 0 bridgehead atoms. The lowest BCUT2D eigenvalue weighted by Crippen LogP contribution is -2.17. The van der Waals surface area contributed by atoms with Gasteiger partial charge in [-0.1, -0.05) is 37.0 Å². The number of nitrogens with zero attached hydrogens (tertiary/aromatic N) is 1. The second-order valence-corrected chi connectivity index (χ2v) is 5.01. The van der Waals surface area contributed by atoms with Crippen molar-refractivity contribution in [2.75, 3.05) is 0 Å². The molecule has 0 amide bonds. The van der Waals surface area contributed by atoms with Crippen molar-refractivity contribution in [2.24, 2.45) is 0 Å². The number of halogens is 2.